The number of hydrogen-bond donors (Lipinski definition) is 2. The van der Waals surface area contributed by atoms with E-state index in [1.54, 1.807) is 42.5 Å². The van der Waals surface area contributed by atoms with Gasteiger partial charge < -0.3 is 19.9 Å². The van der Waals surface area contributed by atoms with Crippen LogP contribution >= 0.6 is 22.6 Å². The highest BCUT2D eigenvalue weighted by Gasteiger charge is 2.16. The quantitative estimate of drug-likeness (QED) is 0.307. The molecule has 7 heteroatoms. The molecule has 0 fully saturated rings. The molecule has 0 saturated carbocycles. The van der Waals surface area contributed by atoms with E-state index in [4.69, 9.17) is 9.47 Å². The number of hydrogen-bond acceptors (Lipinski definition) is 4. The molecule has 3 aromatic rings. The lowest BCUT2D eigenvalue weighted by molar-refractivity contribution is -0.132. The summed E-state index contributed by atoms with van der Waals surface area (Å²) < 4.78 is 12.2. The summed E-state index contributed by atoms with van der Waals surface area (Å²) in [6.45, 7) is 2.39. The number of carboxylic acid groups (broad SMARTS) is 1. The first kappa shape index (κ1) is 23.3. The number of aliphatic carboxylic acids is 1. The minimum atomic E-state index is -1.25. The standard InChI is InChI=1S/C25H22INO5/c1-16-7-6-8-17(11-16)15-32-23-20(26)12-18(14-22(23)31-2)13-21(25(29)30)27-24(28)19-9-4-3-5-10-19/h3-14H,15H2,1-2H3,(H,27,28)(H,29,30)/b21-13+. The summed E-state index contributed by atoms with van der Waals surface area (Å²) >= 11 is 2.11. The van der Waals surface area contributed by atoms with Gasteiger partial charge in [-0.25, -0.2) is 4.79 Å². The maximum absolute atomic E-state index is 12.4. The molecule has 0 unspecified atom stereocenters. The first-order valence-corrected chi connectivity index (χ1v) is 10.8. The van der Waals surface area contributed by atoms with Crippen molar-refractivity contribution in [3.63, 3.8) is 0 Å². The Bertz CT molecular complexity index is 1160. The fourth-order valence-electron chi connectivity index (χ4n) is 3.02. The molecule has 0 radical (unpaired) electrons. The molecule has 3 aromatic carbocycles. The molecule has 2 N–H and O–H groups in total. The minimum Gasteiger partial charge on any atom is -0.493 e. The average Bonchev–Trinajstić information content (AvgIpc) is 2.78. The highest BCUT2D eigenvalue weighted by molar-refractivity contribution is 14.1. The molecule has 1 amide bonds. The van der Waals surface area contributed by atoms with Crippen LogP contribution in [0.1, 0.15) is 27.0 Å². The fraction of sp³-hybridized carbons (Fsp3) is 0.120. The number of aryl methyl sites for hydroxylation is 1. The zero-order valence-corrected chi connectivity index (χ0v) is 19.8. The Hall–Kier alpha value is -3.33. The molecule has 0 aliphatic rings. The van der Waals surface area contributed by atoms with Gasteiger partial charge in [0.05, 0.1) is 10.7 Å². The van der Waals surface area contributed by atoms with E-state index in [2.05, 4.69) is 27.9 Å². The van der Waals surface area contributed by atoms with Gasteiger partial charge in [-0.2, -0.15) is 0 Å². The molecule has 0 heterocycles. The maximum atomic E-state index is 12.4. The minimum absolute atomic E-state index is 0.245. The number of amides is 1. The van der Waals surface area contributed by atoms with Crippen LogP contribution in [0.4, 0.5) is 0 Å². The number of carbonyl (C=O) groups is 2. The van der Waals surface area contributed by atoms with Crippen LogP contribution in [0.25, 0.3) is 6.08 Å². The number of methoxy groups -OCH3 is 1. The van der Waals surface area contributed by atoms with E-state index < -0.39 is 11.9 Å². The van der Waals surface area contributed by atoms with Crippen LogP contribution in [0, 0.1) is 10.5 Å². The Morgan fingerprint density at radius 2 is 1.81 bits per heavy atom. The fourth-order valence-corrected chi connectivity index (χ4v) is 3.80. The third-order valence-corrected chi connectivity index (χ3v) is 5.34. The third kappa shape index (κ3) is 6.10. The number of ether oxygens (including phenoxy) is 2. The summed E-state index contributed by atoms with van der Waals surface area (Å²) in [5, 5.41) is 12.0. The van der Waals surface area contributed by atoms with Crippen LogP contribution in [0.3, 0.4) is 0 Å². The van der Waals surface area contributed by atoms with Crippen molar-refractivity contribution >= 4 is 40.5 Å². The van der Waals surface area contributed by atoms with Crippen LogP contribution in [-0.2, 0) is 11.4 Å². The number of benzene rings is 3. The van der Waals surface area contributed by atoms with Crippen LogP contribution in [0.15, 0.2) is 72.4 Å². The molecule has 0 atom stereocenters. The van der Waals surface area contributed by atoms with Gasteiger partial charge in [0.15, 0.2) is 11.5 Å². The topological polar surface area (TPSA) is 84.9 Å². The Kier molecular flexibility index (Phi) is 7.88. The Labute approximate surface area is 200 Å². The molecular weight excluding hydrogens is 521 g/mol. The molecule has 0 aliphatic carbocycles. The number of rotatable bonds is 8. The van der Waals surface area contributed by atoms with E-state index in [9.17, 15) is 14.7 Å². The van der Waals surface area contributed by atoms with E-state index in [1.807, 2.05) is 31.2 Å². The number of carbonyl (C=O) groups excluding carboxylic acids is 1. The monoisotopic (exact) mass is 543 g/mol. The van der Waals surface area contributed by atoms with Gasteiger partial charge >= 0.3 is 5.97 Å². The first-order chi connectivity index (χ1) is 15.4. The van der Waals surface area contributed by atoms with E-state index >= 15 is 0 Å². The van der Waals surface area contributed by atoms with Gasteiger partial charge in [0.1, 0.15) is 12.3 Å². The van der Waals surface area contributed by atoms with Gasteiger partial charge in [-0.3, -0.25) is 4.79 Å². The number of nitrogens with one attached hydrogen (secondary N) is 1. The van der Waals surface area contributed by atoms with Crippen LogP contribution < -0.4 is 14.8 Å². The van der Waals surface area contributed by atoms with Gasteiger partial charge in [-0.1, -0.05) is 48.0 Å². The lowest BCUT2D eigenvalue weighted by atomic mass is 10.1. The van der Waals surface area contributed by atoms with E-state index in [-0.39, 0.29) is 5.70 Å². The van der Waals surface area contributed by atoms with E-state index in [1.165, 1.54) is 13.2 Å². The molecule has 32 heavy (non-hydrogen) atoms. The van der Waals surface area contributed by atoms with E-state index in [0.717, 1.165) is 14.7 Å². The predicted octanol–water partition coefficient (Wildman–Crippen LogP) is 5.04. The lowest BCUT2D eigenvalue weighted by Gasteiger charge is -2.14. The Balaban J connectivity index is 1.84. The first-order valence-electron chi connectivity index (χ1n) is 9.74. The summed E-state index contributed by atoms with van der Waals surface area (Å²) in [5.41, 5.74) is 2.85. The van der Waals surface area contributed by atoms with Crippen molar-refractivity contribution in [1.82, 2.24) is 5.32 Å². The van der Waals surface area contributed by atoms with Gasteiger partial charge in [-0.15, -0.1) is 0 Å². The second-order valence-corrected chi connectivity index (χ2v) is 8.16. The summed E-state index contributed by atoms with van der Waals surface area (Å²) in [7, 11) is 1.52. The van der Waals surface area contributed by atoms with Crippen molar-refractivity contribution in [2.75, 3.05) is 7.11 Å². The van der Waals surface area contributed by atoms with Crippen molar-refractivity contribution in [3.8, 4) is 11.5 Å². The zero-order chi connectivity index (χ0) is 23.1. The molecular formula is C25H22INO5. The zero-order valence-electron chi connectivity index (χ0n) is 17.6. The van der Waals surface area contributed by atoms with Crippen LogP contribution in [0.2, 0.25) is 0 Å². The van der Waals surface area contributed by atoms with Crippen molar-refractivity contribution < 1.29 is 24.2 Å². The van der Waals surface area contributed by atoms with Gasteiger partial charge in [0, 0.05) is 5.56 Å². The molecule has 0 spiro atoms. The normalized spacial score (nSPS) is 11.0. The highest BCUT2D eigenvalue weighted by Crippen LogP contribution is 2.35. The van der Waals surface area contributed by atoms with Crippen LogP contribution in [-0.4, -0.2) is 24.1 Å². The summed E-state index contributed by atoms with van der Waals surface area (Å²) in [6.07, 6.45) is 1.39. The molecule has 164 valence electrons. The lowest BCUT2D eigenvalue weighted by Crippen LogP contribution is -2.27. The second-order valence-electron chi connectivity index (χ2n) is 7.00. The van der Waals surface area contributed by atoms with Crippen molar-refractivity contribution in [1.29, 1.82) is 0 Å². The van der Waals surface area contributed by atoms with Crippen molar-refractivity contribution in [2.24, 2.45) is 0 Å². The molecule has 0 saturated heterocycles. The van der Waals surface area contributed by atoms with Crippen molar-refractivity contribution in [3.05, 3.63) is 98.3 Å². The third-order valence-electron chi connectivity index (χ3n) is 4.54. The Morgan fingerprint density at radius 1 is 1.06 bits per heavy atom. The van der Waals surface area contributed by atoms with Crippen molar-refractivity contribution in [2.45, 2.75) is 13.5 Å². The molecule has 0 aromatic heterocycles. The highest BCUT2D eigenvalue weighted by atomic mass is 127. The van der Waals surface area contributed by atoms with E-state index in [0.29, 0.717) is 29.2 Å². The summed E-state index contributed by atoms with van der Waals surface area (Å²) in [6, 6.07) is 19.9. The molecule has 0 bridgehead atoms. The molecule has 0 aliphatic heterocycles. The van der Waals surface area contributed by atoms with Gasteiger partial charge in [0.25, 0.3) is 5.91 Å². The maximum Gasteiger partial charge on any atom is 0.352 e. The van der Waals surface area contributed by atoms with Crippen LogP contribution in [0.5, 0.6) is 11.5 Å². The summed E-state index contributed by atoms with van der Waals surface area (Å²) in [5.74, 6) is -0.714. The smallest absolute Gasteiger partial charge is 0.352 e. The SMILES string of the molecule is COc1cc(/C=C(/NC(=O)c2ccccc2)C(=O)O)cc(I)c1OCc1cccc(C)c1. The number of halogens is 1. The number of carboxylic acids is 1. The summed E-state index contributed by atoms with van der Waals surface area (Å²) in [4.78, 5) is 24.1. The van der Waals surface area contributed by atoms with Gasteiger partial charge in [-0.05, 0) is 71.0 Å². The molecule has 3 rings (SSSR count). The predicted molar refractivity (Wildman–Crippen MR) is 131 cm³/mol. The Morgan fingerprint density at radius 3 is 2.47 bits per heavy atom. The largest absolute Gasteiger partial charge is 0.493 e. The average molecular weight is 543 g/mol. The second kappa shape index (κ2) is 10.8. The molecule has 6 nitrogen and oxygen atoms in total. The van der Waals surface area contributed by atoms with Gasteiger partial charge in [0.2, 0.25) is 0 Å².